The summed E-state index contributed by atoms with van der Waals surface area (Å²) < 4.78 is 10.2. The second-order valence-electron chi connectivity index (χ2n) is 5.14. The Labute approximate surface area is 115 Å². The predicted molar refractivity (Wildman–Crippen MR) is 70.3 cm³/mol. The molecule has 0 amide bonds. The van der Waals surface area contributed by atoms with Crippen LogP contribution in [0.1, 0.15) is 46.3 Å². The second-order valence-corrected chi connectivity index (χ2v) is 6.28. The molecule has 5 heteroatoms. The van der Waals surface area contributed by atoms with Gasteiger partial charge in [0.25, 0.3) is 0 Å². The van der Waals surface area contributed by atoms with Crippen LogP contribution in [0.4, 0.5) is 0 Å². The lowest BCUT2D eigenvalue weighted by atomic mass is 9.99. The highest BCUT2D eigenvalue weighted by Crippen LogP contribution is 2.30. The van der Waals surface area contributed by atoms with Crippen molar-refractivity contribution < 1.29 is 19.1 Å². The lowest BCUT2D eigenvalue weighted by molar-refractivity contribution is -0.147. The molecule has 0 bridgehead atoms. The average Bonchev–Trinajstić information content (AvgIpc) is 2.93. The second kappa shape index (κ2) is 4.96. The zero-order chi connectivity index (χ0) is 13.4. The number of cyclic esters (lactones) is 1. The summed E-state index contributed by atoms with van der Waals surface area (Å²) in [5, 5.41) is 0. The van der Waals surface area contributed by atoms with Gasteiger partial charge in [0.15, 0.2) is 0 Å². The van der Waals surface area contributed by atoms with E-state index >= 15 is 0 Å². The van der Waals surface area contributed by atoms with E-state index in [2.05, 4.69) is 0 Å². The Balaban J connectivity index is 1.70. The highest BCUT2D eigenvalue weighted by molar-refractivity contribution is 7.14. The van der Waals surface area contributed by atoms with Crippen molar-refractivity contribution in [2.75, 3.05) is 0 Å². The summed E-state index contributed by atoms with van der Waals surface area (Å²) >= 11 is 1.50. The number of ether oxygens (including phenoxy) is 2. The molecular formula is C14H16O4S. The monoisotopic (exact) mass is 280 g/mol. The first-order valence-electron chi connectivity index (χ1n) is 6.66. The topological polar surface area (TPSA) is 52.6 Å². The van der Waals surface area contributed by atoms with Gasteiger partial charge in [0.1, 0.15) is 11.0 Å². The van der Waals surface area contributed by atoms with Gasteiger partial charge >= 0.3 is 11.9 Å². The fourth-order valence-electron chi connectivity index (χ4n) is 2.59. The molecule has 1 fully saturated rings. The summed E-state index contributed by atoms with van der Waals surface area (Å²) in [7, 11) is 0. The molecule has 0 aromatic carbocycles. The molecule has 19 heavy (non-hydrogen) atoms. The van der Waals surface area contributed by atoms with Gasteiger partial charge in [0.2, 0.25) is 6.10 Å². The number of carbonyl (C=O) groups is 2. The van der Waals surface area contributed by atoms with E-state index in [1.807, 2.05) is 6.07 Å². The van der Waals surface area contributed by atoms with Gasteiger partial charge < -0.3 is 9.47 Å². The molecule has 0 saturated carbocycles. The maximum Gasteiger partial charge on any atom is 0.349 e. The first kappa shape index (κ1) is 12.7. The van der Waals surface area contributed by atoms with Crippen molar-refractivity contribution in [1.29, 1.82) is 0 Å². The molecule has 1 aromatic heterocycles. The predicted octanol–water partition coefficient (Wildman–Crippen LogP) is 2.49. The fourth-order valence-corrected chi connectivity index (χ4v) is 3.73. The lowest BCUT2D eigenvalue weighted by Gasteiger charge is -2.08. The minimum atomic E-state index is -0.735. The molecule has 4 nitrogen and oxygen atoms in total. The number of hydrogen-bond donors (Lipinski definition) is 0. The summed E-state index contributed by atoms with van der Waals surface area (Å²) in [5.41, 5.74) is 1.27. The lowest BCUT2D eigenvalue weighted by Crippen LogP contribution is -2.22. The van der Waals surface area contributed by atoms with E-state index in [0.717, 1.165) is 12.8 Å². The molecule has 2 atom stereocenters. The van der Waals surface area contributed by atoms with Gasteiger partial charge in [-0.25, -0.2) is 9.59 Å². The normalized spacial score (nSPS) is 25.8. The first-order valence-corrected chi connectivity index (χ1v) is 7.48. The van der Waals surface area contributed by atoms with Crippen molar-refractivity contribution in [3.05, 3.63) is 21.4 Å². The minimum Gasteiger partial charge on any atom is -0.460 e. The van der Waals surface area contributed by atoms with Crippen molar-refractivity contribution in [1.82, 2.24) is 0 Å². The van der Waals surface area contributed by atoms with Crippen molar-refractivity contribution in [3.63, 3.8) is 0 Å². The molecule has 102 valence electrons. The van der Waals surface area contributed by atoms with Crippen LogP contribution in [-0.4, -0.2) is 24.1 Å². The molecule has 1 aromatic rings. The largest absolute Gasteiger partial charge is 0.460 e. The highest BCUT2D eigenvalue weighted by Gasteiger charge is 2.35. The van der Waals surface area contributed by atoms with Gasteiger partial charge in [0.05, 0.1) is 0 Å². The molecule has 3 rings (SSSR count). The van der Waals surface area contributed by atoms with Gasteiger partial charge in [-0.3, -0.25) is 0 Å². The highest BCUT2D eigenvalue weighted by atomic mass is 32.1. The smallest absolute Gasteiger partial charge is 0.349 e. The number of hydrogen-bond acceptors (Lipinski definition) is 5. The molecule has 1 saturated heterocycles. The van der Waals surface area contributed by atoms with E-state index in [9.17, 15) is 9.59 Å². The zero-order valence-corrected chi connectivity index (χ0v) is 11.6. The quantitative estimate of drug-likeness (QED) is 0.781. The number of thiophene rings is 1. The first-order chi connectivity index (χ1) is 9.13. The van der Waals surface area contributed by atoms with Crippen LogP contribution in [0.3, 0.4) is 0 Å². The Kier molecular flexibility index (Phi) is 3.31. The molecule has 0 unspecified atom stereocenters. The van der Waals surface area contributed by atoms with Crippen molar-refractivity contribution in [2.24, 2.45) is 0 Å². The van der Waals surface area contributed by atoms with Crippen LogP contribution < -0.4 is 0 Å². The van der Waals surface area contributed by atoms with Crippen LogP contribution in [0.15, 0.2) is 6.07 Å². The van der Waals surface area contributed by atoms with Gasteiger partial charge in [-0.2, -0.15) is 0 Å². The number of carbonyl (C=O) groups excluding carboxylic acids is 2. The van der Waals surface area contributed by atoms with Crippen molar-refractivity contribution in [2.45, 2.75) is 51.2 Å². The molecule has 0 radical (unpaired) electrons. The van der Waals surface area contributed by atoms with Gasteiger partial charge in [-0.05, 0) is 44.2 Å². The van der Waals surface area contributed by atoms with E-state index in [0.29, 0.717) is 11.3 Å². The van der Waals surface area contributed by atoms with E-state index in [1.54, 1.807) is 6.92 Å². The van der Waals surface area contributed by atoms with Gasteiger partial charge in [0, 0.05) is 11.3 Å². The maximum absolute atomic E-state index is 12.1. The maximum atomic E-state index is 12.1. The average molecular weight is 280 g/mol. The van der Waals surface area contributed by atoms with Crippen LogP contribution in [0.2, 0.25) is 0 Å². The van der Waals surface area contributed by atoms with E-state index in [4.69, 9.17) is 9.47 Å². The molecule has 2 heterocycles. The standard InChI is InChI=1S/C14H16O4S/c1-8-6-10(13(15)17-8)18-14(16)12-7-9-4-2-3-5-11(9)19-12/h7-8,10H,2-6H2,1H3/t8-,10-/m0/s1. The summed E-state index contributed by atoms with van der Waals surface area (Å²) in [6.07, 6.45) is 4.02. The number of esters is 2. The van der Waals surface area contributed by atoms with E-state index in [1.165, 1.54) is 34.6 Å². The number of rotatable bonds is 2. The van der Waals surface area contributed by atoms with Gasteiger partial charge in [-0.1, -0.05) is 0 Å². The van der Waals surface area contributed by atoms with Gasteiger partial charge in [-0.15, -0.1) is 11.3 Å². The molecular weight excluding hydrogens is 264 g/mol. The minimum absolute atomic E-state index is 0.165. The Bertz CT molecular complexity index is 496. The summed E-state index contributed by atoms with van der Waals surface area (Å²) in [5.74, 6) is -0.822. The third kappa shape index (κ3) is 2.52. The molecule has 0 spiro atoms. The SMILES string of the molecule is C[C@H]1C[C@H](OC(=O)c2cc3c(s2)CCCC3)C(=O)O1. The van der Waals surface area contributed by atoms with Crippen molar-refractivity contribution in [3.8, 4) is 0 Å². The molecule has 2 aliphatic rings. The van der Waals surface area contributed by atoms with E-state index < -0.39 is 18.0 Å². The number of aryl methyl sites for hydroxylation is 2. The third-order valence-corrected chi connectivity index (χ3v) is 4.79. The van der Waals surface area contributed by atoms with Crippen LogP contribution in [0, 0.1) is 0 Å². The van der Waals surface area contributed by atoms with Crippen LogP contribution in [0.5, 0.6) is 0 Å². The summed E-state index contributed by atoms with van der Waals surface area (Å²) in [4.78, 5) is 25.4. The summed E-state index contributed by atoms with van der Waals surface area (Å²) in [6, 6.07) is 1.92. The third-order valence-electron chi connectivity index (χ3n) is 3.57. The number of fused-ring (bicyclic) bond motifs is 1. The fraction of sp³-hybridized carbons (Fsp3) is 0.571. The Morgan fingerprint density at radius 1 is 1.42 bits per heavy atom. The zero-order valence-electron chi connectivity index (χ0n) is 10.8. The summed E-state index contributed by atoms with van der Waals surface area (Å²) in [6.45, 7) is 1.80. The Morgan fingerprint density at radius 2 is 2.21 bits per heavy atom. The Hall–Kier alpha value is -1.36. The van der Waals surface area contributed by atoms with Crippen molar-refractivity contribution >= 4 is 23.3 Å². The van der Waals surface area contributed by atoms with E-state index in [-0.39, 0.29) is 6.10 Å². The van der Waals surface area contributed by atoms with Crippen LogP contribution >= 0.6 is 11.3 Å². The Morgan fingerprint density at radius 3 is 2.89 bits per heavy atom. The molecule has 0 N–H and O–H groups in total. The van der Waals surface area contributed by atoms with Crippen LogP contribution in [-0.2, 0) is 27.1 Å². The molecule has 1 aliphatic heterocycles. The molecule has 1 aliphatic carbocycles. The van der Waals surface area contributed by atoms with Crippen LogP contribution in [0.25, 0.3) is 0 Å².